The van der Waals surface area contributed by atoms with Crippen LogP contribution in [-0.2, 0) is 0 Å². The van der Waals surface area contributed by atoms with Crippen molar-refractivity contribution in [3.05, 3.63) is 76.1 Å². The van der Waals surface area contributed by atoms with Crippen LogP contribution in [0.1, 0.15) is 35.9 Å². The van der Waals surface area contributed by atoms with Crippen LogP contribution in [-0.4, -0.2) is 5.91 Å². The fourth-order valence-corrected chi connectivity index (χ4v) is 2.38. The van der Waals surface area contributed by atoms with E-state index < -0.39 is 5.91 Å². The molecule has 0 saturated heterocycles. The van der Waals surface area contributed by atoms with Gasteiger partial charge < -0.3 is 9.73 Å². The van der Waals surface area contributed by atoms with E-state index in [9.17, 15) is 9.59 Å². The van der Waals surface area contributed by atoms with Crippen LogP contribution in [0.4, 0.5) is 5.69 Å². The van der Waals surface area contributed by atoms with E-state index in [1.54, 1.807) is 24.3 Å². The number of carbonyl (C=O) groups is 1. The highest BCUT2D eigenvalue weighted by Crippen LogP contribution is 2.19. The van der Waals surface area contributed by atoms with Crippen molar-refractivity contribution in [2.75, 3.05) is 5.32 Å². The van der Waals surface area contributed by atoms with Crippen LogP contribution in [0.25, 0.3) is 11.0 Å². The third-order valence-corrected chi connectivity index (χ3v) is 3.67. The molecule has 0 atom stereocenters. The maximum atomic E-state index is 12.3. The Morgan fingerprint density at radius 1 is 1.04 bits per heavy atom. The molecule has 0 unspecified atom stereocenters. The molecule has 4 heteroatoms. The first-order valence-corrected chi connectivity index (χ1v) is 7.49. The number of para-hydroxylation sites is 1. The van der Waals surface area contributed by atoms with E-state index in [-0.39, 0.29) is 11.2 Å². The summed E-state index contributed by atoms with van der Waals surface area (Å²) < 4.78 is 5.54. The summed E-state index contributed by atoms with van der Waals surface area (Å²) in [5.41, 5.74) is 1.98. The Bertz CT molecular complexity index is 925. The van der Waals surface area contributed by atoms with Crippen molar-refractivity contribution in [3.8, 4) is 0 Å². The van der Waals surface area contributed by atoms with Gasteiger partial charge in [-0.3, -0.25) is 9.59 Å². The average molecular weight is 307 g/mol. The molecule has 1 aromatic heterocycles. The Morgan fingerprint density at radius 3 is 2.61 bits per heavy atom. The summed E-state index contributed by atoms with van der Waals surface area (Å²) in [4.78, 5) is 24.4. The van der Waals surface area contributed by atoms with Crippen molar-refractivity contribution in [2.24, 2.45) is 0 Å². The minimum atomic E-state index is -0.436. The van der Waals surface area contributed by atoms with Gasteiger partial charge in [-0.05, 0) is 35.7 Å². The second-order valence-corrected chi connectivity index (χ2v) is 5.71. The zero-order valence-electron chi connectivity index (χ0n) is 13.0. The zero-order valence-corrected chi connectivity index (χ0v) is 13.0. The summed E-state index contributed by atoms with van der Waals surface area (Å²) in [7, 11) is 0. The lowest BCUT2D eigenvalue weighted by Gasteiger charge is -2.09. The second kappa shape index (κ2) is 6.08. The van der Waals surface area contributed by atoms with Gasteiger partial charge in [-0.1, -0.05) is 38.1 Å². The highest BCUT2D eigenvalue weighted by atomic mass is 16.3. The van der Waals surface area contributed by atoms with Gasteiger partial charge in [0.25, 0.3) is 5.91 Å². The van der Waals surface area contributed by atoms with Gasteiger partial charge in [0.1, 0.15) is 5.58 Å². The van der Waals surface area contributed by atoms with Crippen LogP contribution in [0.15, 0.2) is 63.8 Å². The van der Waals surface area contributed by atoms with E-state index in [1.165, 1.54) is 6.07 Å². The van der Waals surface area contributed by atoms with Crippen LogP contribution >= 0.6 is 0 Å². The molecule has 0 aliphatic carbocycles. The van der Waals surface area contributed by atoms with E-state index in [4.69, 9.17) is 4.42 Å². The van der Waals surface area contributed by atoms with E-state index in [0.717, 1.165) is 5.56 Å². The lowest BCUT2D eigenvalue weighted by molar-refractivity contribution is 0.0997. The maximum Gasteiger partial charge on any atom is 0.291 e. The number of anilines is 1. The van der Waals surface area contributed by atoms with Gasteiger partial charge in [-0.25, -0.2) is 0 Å². The average Bonchev–Trinajstić information content (AvgIpc) is 2.55. The Labute approximate surface area is 133 Å². The number of amides is 1. The van der Waals surface area contributed by atoms with Crippen LogP contribution in [0.5, 0.6) is 0 Å². The normalized spacial score (nSPS) is 10.9. The van der Waals surface area contributed by atoms with Crippen LogP contribution in [0, 0.1) is 0 Å². The molecule has 2 aromatic carbocycles. The lowest BCUT2D eigenvalue weighted by Crippen LogP contribution is -2.15. The Morgan fingerprint density at radius 2 is 1.83 bits per heavy atom. The number of rotatable bonds is 3. The van der Waals surface area contributed by atoms with Gasteiger partial charge in [0, 0.05) is 11.8 Å². The molecule has 1 N–H and O–H groups in total. The highest BCUT2D eigenvalue weighted by molar-refractivity contribution is 6.03. The summed E-state index contributed by atoms with van der Waals surface area (Å²) in [5.74, 6) is -0.0668. The first-order valence-electron chi connectivity index (χ1n) is 7.49. The third kappa shape index (κ3) is 3.16. The van der Waals surface area contributed by atoms with Crippen LogP contribution in [0.2, 0.25) is 0 Å². The molecule has 1 amide bonds. The molecular formula is C19H17NO3. The number of fused-ring (bicyclic) bond motifs is 1. The number of hydrogen-bond donors (Lipinski definition) is 1. The first-order chi connectivity index (χ1) is 11.0. The predicted molar refractivity (Wildman–Crippen MR) is 91.0 cm³/mol. The topological polar surface area (TPSA) is 59.3 Å². The summed E-state index contributed by atoms with van der Waals surface area (Å²) in [6.45, 7) is 4.17. The summed E-state index contributed by atoms with van der Waals surface area (Å²) in [5, 5.41) is 3.24. The molecule has 4 nitrogen and oxygen atoms in total. The molecule has 0 spiro atoms. The van der Waals surface area contributed by atoms with Crippen molar-refractivity contribution in [2.45, 2.75) is 19.8 Å². The van der Waals surface area contributed by atoms with Crippen LogP contribution < -0.4 is 10.7 Å². The molecule has 0 aliphatic rings. The van der Waals surface area contributed by atoms with Gasteiger partial charge >= 0.3 is 0 Å². The molecule has 1 heterocycles. The highest BCUT2D eigenvalue weighted by Gasteiger charge is 2.13. The first kappa shape index (κ1) is 15.0. The summed E-state index contributed by atoms with van der Waals surface area (Å²) in [6.07, 6.45) is 0. The van der Waals surface area contributed by atoms with Gasteiger partial charge in [-0.2, -0.15) is 0 Å². The van der Waals surface area contributed by atoms with Crippen LogP contribution in [0.3, 0.4) is 0 Å². The predicted octanol–water partition coefficient (Wildman–Crippen LogP) is 4.17. The Balaban J connectivity index is 1.92. The monoisotopic (exact) mass is 307 g/mol. The standard InChI is InChI=1S/C19H17NO3/c1-12(2)13-6-5-7-14(10-13)20-19(22)18-11-16(21)15-8-3-4-9-17(15)23-18/h3-12H,1-2H3,(H,20,22). The van der Waals surface area contributed by atoms with Gasteiger partial charge in [0.2, 0.25) is 0 Å². The van der Waals surface area contributed by atoms with Gasteiger partial charge in [-0.15, -0.1) is 0 Å². The minimum absolute atomic E-state index is 0.00338. The minimum Gasteiger partial charge on any atom is -0.451 e. The van der Waals surface area contributed by atoms with E-state index in [0.29, 0.717) is 22.6 Å². The fourth-order valence-electron chi connectivity index (χ4n) is 2.38. The molecule has 0 aliphatic heterocycles. The molecule has 23 heavy (non-hydrogen) atoms. The zero-order chi connectivity index (χ0) is 16.4. The van der Waals surface area contributed by atoms with Gasteiger partial charge in [0.05, 0.1) is 5.39 Å². The maximum absolute atomic E-state index is 12.3. The third-order valence-electron chi connectivity index (χ3n) is 3.67. The Kier molecular flexibility index (Phi) is 3.98. The Hall–Kier alpha value is -2.88. The molecule has 0 fully saturated rings. The molecule has 0 radical (unpaired) electrons. The molecule has 3 rings (SSSR count). The summed E-state index contributed by atoms with van der Waals surface area (Å²) in [6, 6.07) is 15.7. The van der Waals surface area contributed by atoms with E-state index >= 15 is 0 Å². The van der Waals surface area contributed by atoms with E-state index in [2.05, 4.69) is 19.2 Å². The molecular weight excluding hydrogens is 290 g/mol. The molecule has 116 valence electrons. The van der Waals surface area contributed by atoms with Crippen molar-refractivity contribution in [1.82, 2.24) is 0 Å². The van der Waals surface area contributed by atoms with Crippen molar-refractivity contribution >= 4 is 22.6 Å². The lowest BCUT2D eigenvalue weighted by atomic mass is 10.0. The number of benzene rings is 2. The SMILES string of the molecule is CC(C)c1cccc(NC(=O)c2cc(=O)c3ccccc3o2)c1. The van der Waals surface area contributed by atoms with E-state index in [1.807, 2.05) is 24.3 Å². The smallest absolute Gasteiger partial charge is 0.291 e. The number of nitrogens with one attached hydrogen (secondary N) is 1. The fraction of sp³-hybridized carbons (Fsp3) is 0.158. The second-order valence-electron chi connectivity index (χ2n) is 5.71. The van der Waals surface area contributed by atoms with Crippen molar-refractivity contribution < 1.29 is 9.21 Å². The molecule has 0 saturated carbocycles. The largest absolute Gasteiger partial charge is 0.451 e. The van der Waals surface area contributed by atoms with Gasteiger partial charge in [0.15, 0.2) is 11.2 Å². The number of carbonyl (C=O) groups excluding carboxylic acids is 1. The van der Waals surface area contributed by atoms with Crippen molar-refractivity contribution in [3.63, 3.8) is 0 Å². The molecule has 3 aromatic rings. The molecule has 0 bridgehead atoms. The quantitative estimate of drug-likeness (QED) is 0.790. The number of hydrogen-bond acceptors (Lipinski definition) is 3. The summed E-state index contributed by atoms with van der Waals surface area (Å²) >= 11 is 0. The van der Waals surface area contributed by atoms with Crippen molar-refractivity contribution in [1.29, 1.82) is 0 Å².